The molecule has 128 valence electrons. The molecule has 0 aliphatic heterocycles. The van der Waals surface area contributed by atoms with E-state index in [1.54, 1.807) is 0 Å². The number of hydrogen-bond acceptors (Lipinski definition) is 3. The van der Waals surface area contributed by atoms with Gasteiger partial charge in [-0.05, 0) is 89.7 Å². The fourth-order valence-corrected chi connectivity index (χ4v) is 3.78. The number of benzene rings is 1. The second-order valence-corrected chi connectivity index (χ2v) is 7.39. The van der Waals surface area contributed by atoms with Crippen molar-refractivity contribution in [2.45, 2.75) is 64.0 Å². The molecule has 0 saturated heterocycles. The second-order valence-electron chi connectivity index (χ2n) is 7.39. The summed E-state index contributed by atoms with van der Waals surface area (Å²) in [6.07, 6.45) is 6.93. The van der Waals surface area contributed by atoms with E-state index in [0.717, 1.165) is 24.3 Å². The molecule has 0 amide bonds. The molecule has 3 nitrogen and oxygen atoms in total. The Labute approximate surface area is 141 Å². The maximum absolute atomic E-state index is 6.13. The predicted octanol–water partition coefficient (Wildman–Crippen LogP) is 4.51. The van der Waals surface area contributed by atoms with Crippen molar-refractivity contribution in [3.8, 4) is 5.75 Å². The number of likely N-dealkylation sites (N-methyl/N-ethyl adjacent to an activating group) is 1. The maximum Gasteiger partial charge on any atom is 0.142 e. The number of ether oxygens (including phenoxy) is 1. The van der Waals surface area contributed by atoms with Crippen molar-refractivity contribution in [2.24, 2.45) is 0 Å². The average molecular weight is 316 g/mol. The molecule has 1 fully saturated rings. The van der Waals surface area contributed by atoms with E-state index in [-0.39, 0.29) is 11.6 Å². The molecule has 1 saturated carbocycles. The normalized spacial score (nSPS) is 24.9. The summed E-state index contributed by atoms with van der Waals surface area (Å²) in [6, 6.07) is 4.24. The van der Waals surface area contributed by atoms with Crippen molar-refractivity contribution in [3.63, 3.8) is 0 Å². The van der Waals surface area contributed by atoms with Crippen LogP contribution in [0, 0.1) is 6.92 Å². The summed E-state index contributed by atoms with van der Waals surface area (Å²) in [4.78, 5) is 2.32. The van der Waals surface area contributed by atoms with Crippen LogP contribution in [0.1, 0.15) is 56.6 Å². The van der Waals surface area contributed by atoms with Gasteiger partial charge in [0.1, 0.15) is 5.75 Å². The molecule has 0 radical (unpaired) electrons. The number of aryl methyl sites for hydroxylation is 1. The zero-order valence-electron chi connectivity index (χ0n) is 15.4. The van der Waals surface area contributed by atoms with E-state index in [4.69, 9.17) is 10.5 Å². The first-order valence-electron chi connectivity index (χ1n) is 8.67. The fraction of sp³-hybridized carbons (Fsp3) is 0.600. The molecular formula is C20H32N2O. The molecule has 0 spiro atoms. The van der Waals surface area contributed by atoms with E-state index < -0.39 is 0 Å². The van der Waals surface area contributed by atoms with E-state index in [2.05, 4.69) is 50.7 Å². The zero-order valence-corrected chi connectivity index (χ0v) is 15.4. The standard InChI is InChI=1S/C20H32N2O/c1-7-20(22(5)6)10-8-16(9-11-20)17-13-19(23-14(2)3)18(21)12-15(17)4/h7,12-14,16H,1,8-11,21H2,2-6H3. The van der Waals surface area contributed by atoms with Crippen LogP contribution in [0.15, 0.2) is 24.8 Å². The predicted molar refractivity (Wildman–Crippen MR) is 99.2 cm³/mol. The van der Waals surface area contributed by atoms with E-state index in [1.165, 1.54) is 24.0 Å². The van der Waals surface area contributed by atoms with Crippen molar-refractivity contribution in [2.75, 3.05) is 19.8 Å². The summed E-state index contributed by atoms with van der Waals surface area (Å²) in [7, 11) is 4.32. The molecule has 1 aromatic rings. The van der Waals surface area contributed by atoms with Crippen molar-refractivity contribution < 1.29 is 4.74 Å². The van der Waals surface area contributed by atoms with Crippen LogP contribution < -0.4 is 10.5 Å². The average Bonchev–Trinajstić information content (AvgIpc) is 2.49. The van der Waals surface area contributed by atoms with Crippen LogP contribution in [0.5, 0.6) is 5.75 Å². The first-order chi connectivity index (χ1) is 10.8. The van der Waals surface area contributed by atoms with Gasteiger partial charge in [0.15, 0.2) is 0 Å². The van der Waals surface area contributed by atoms with Crippen LogP contribution in [-0.2, 0) is 0 Å². The zero-order chi connectivity index (χ0) is 17.2. The molecule has 1 aliphatic rings. The van der Waals surface area contributed by atoms with Gasteiger partial charge in [0.05, 0.1) is 11.8 Å². The summed E-state index contributed by atoms with van der Waals surface area (Å²) in [5, 5.41) is 0. The van der Waals surface area contributed by atoms with Crippen LogP contribution in [0.25, 0.3) is 0 Å². The van der Waals surface area contributed by atoms with Crippen molar-refractivity contribution in [1.82, 2.24) is 4.90 Å². The molecule has 23 heavy (non-hydrogen) atoms. The SMILES string of the molecule is C=CC1(N(C)C)CCC(c2cc(OC(C)C)c(N)cc2C)CC1. The molecule has 1 aliphatic carbocycles. The first kappa shape index (κ1) is 17.9. The van der Waals surface area contributed by atoms with Gasteiger partial charge in [0.2, 0.25) is 0 Å². The van der Waals surface area contributed by atoms with Gasteiger partial charge >= 0.3 is 0 Å². The van der Waals surface area contributed by atoms with Gasteiger partial charge in [-0.2, -0.15) is 0 Å². The van der Waals surface area contributed by atoms with Gasteiger partial charge in [-0.15, -0.1) is 6.58 Å². The Morgan fingerprint density at radius 3 is 2.39 bits per heavy atom. The smallest absolute Gasteiger partial charge is 0.142 e. The summed E-state index contributed by atoms with van der Waals surface area (Å²) < 4.78 is 5.88. The Morgan fingerprint density at radius 1 is 1.30 bits per heavy atom. The molecule has 0 unspecified atom stereocenters. The van der Waals surface area contributed by atoms with E-state index in [1.807, 2.05) is 13.8 Å². The van der Waals surface area contributed by atoms with Gasteiger partial charge in [-0.25, -0.2) is 0 Å². The van der Waals surface area contributed by atoms with Crippen molar-refractivity contribution >= 4 is 5.69 Å². The second kappa shape index (κ2) is 6.96. The van der Waals surface area contributed by atoms with Crippen molar-refractivity contribution in [3.05, 3.63) is 35.9 Å². The number of hydrogen-bond donors (Lipinski definition) is 1. The molecule has 3 heteroatoms. The minimum Gasteiger partial charge on any atom is -0.489 e. The third-order valence-corrected chi connectivity index (χ3v) is 5.32. The lowest BCUT2D eigenvalue weighted by atomic mass is 9.73. The van der Waals surface area contributed by atoms with Crippen molar-refractivity contribution in [1.29, 1.82) is 0 Å². The fourth-order valence-electron chi connectivity index (χ4n) is 3.78. The number of rotatable bonds is 5. The van der Waals surface area contributed by atoms with Crippen LogP contribution in [0.4, 0.5) is 5.69 Å². The lowest BCUT2D eigenvalue weighted by Gasteiger charge is -2.43. The Kier molecular flexibility index (Phi) is 5.41. The number of nitrogens with zero attached hydrogens (tertiary/aromatic N) is 1. The minimum atomic E-state index is 0.140. The summed E-state index contributed by atoms with van der Waals surface area (Å²) in [5.41, 5.74) is 9.69. The first-order valence-corrected chi connectivity index (χ1v) is 8.67. The quantitative estimate of drug-likeness (QED) is 0.641. The third-order valence-electron chi connectivity index (χ3n) is 5.32. The van der Waals surface area contributed by atoms with Crippen LogP contribution in [0.2, 0.25) is 0 Å². The Hall–Kier alpha value is -1.48. The molecule has 0 atom stereocenters. The molecule has 2 N–H and O–H groups in total. The van der Waals surface area contributed by atoms with Crippen LogP contribution in [0.3, 0.4) is 0 Å². The van der Waals surface area contributed by atoms with E-state index in [9.17, 15) is 0 Å². The molecule has 0 aromatic heterocycles. The van der Waals surface area contributed by atoms with Gasteiger partial charge in [-0.3, -0.25) is 0 Å². The van der Waals surface area contributed by atoms with Gasteiger partial charge < -0.3 is 15.4 Å². The van der Waals surface area contributed by atoms with Gasteiger partial charge in [0, 0.05) is 5.54 Å². The Balaban J connectivity index is 2.22. The monoisotopic (exact) mass is 316 g/mol. The Morgan fingerprint density at radius 2 is 1.91 bits per heavy atom. The third kappa shape index (κ3) is 3.72. The summed E-state index contributed by atoms with van der Waals surface area (Å²) >= 11 is 0. The molecule has 0 bridgehead atoms. The highest BCUT2D eigenvalue weighted by Gasteiger charge is 2.35. The lowest BCUT2D eigenvalue weighted by Crippen LogP contribution is -2.44. The topological polar surface area (TPSA) is 38.5 Å². The highest BCUT2D eigenvalue weighted by atomic mass is 16.5. The van der Waals surface area contributed by atoms with Gasteiger partial charge in [0.25, 0.3) is 0 Å². The minimum absolute atomic E-state index is 0.140. The largest absolute Gasteiger partial charge is 0.489 e. The molecule has 1 aromatic carbocycles. The molecule has 0 heterocycles. The van der Waals surface area contributed by atoms with Crippen LogP contribution in [-0.4, -0.2) is 30.6 Å². The highest BCUT2D eigenvalue weighted by Crippen LogP contribution is 2.43. The van der Waals surface area contributed by atoms with Gasteiger partial charge in [-0.1, -0.05) is 6.08 Å². The lowest BCUT2D eigenvalue weighted by molar-refractivity contribution is 0.141. The number of anilines is 1. The number of nitrogen functional groups attached to an aromatic ring is 1. The number of nitrogens with two attached hydrogens (primary N) is 1. The highest BCUT2D eigenvalue weighted by molar-refractivity contribution is 5.57. The van der Waals surface area contributed by atoms with Crippen LogP contribution >= 0.6 is 0 Å². The summed E-state index contributed by atoms with van der Waals surface area (Å²) in [5.74, 6) is 1.41. The summed E-state index contributed by atoms with van der Waals surface area (Å²) in [6.45, 7) is 10.3. The maximum atomic E-state index is 6.13. The van der Waals surface area contributed by atoms with E-state index in [0.29, 0.717) is 5.92 Å². The Bertz CT molecular complexity index is 555. The van der Waals surface area contributed by atoms with E-state index >= 15 is 0 Å². The molecular weight excluding hydrogens is 284 g/mol. The molecule has 2 rings (SSSR count).